The van der Waals surface area contributed by atoms with E-state index in [-0.39, 0.29) is 27.5 Å². The van der Waals surface area contributed by atoms with Gasteiger partial charge in [-0.2, -0.15) is 13.2 Å². The topological polar surface area (TPSA) is 32.5 Å². The van der Waals surface area contributed by atoms with Crippen LogP contribution in [0.1, 0.15) is 20.8 Å². The summed E-state index contributed by atoms with van der Waals surface area (Å²) in [6, 6.07) is 2.50. The van der Waals surface area contributed by atoms with E-state index in [1.54, 1.807) is 6.08 Å². The molecule has 0 spiro atoms. The SMILES string of the molecule is C=CC(C)Sc1cc(N2C(=C)C=C(C(F)(F)F)N(N)C2=C)c(F)cc1Cl.CC. The summed E-state index contributed by atoms with van der Waals surface area (Å²) in [4.78, 5) is 1.63. The van der Waals surface area contributed by atoms with E-state index in [1.165, 1.54) is 17.8 Å². The number of thioether (sulfide) groups is 1. The molecule has 0 saturated heterocycles. The monoisotopic (exact) mass is 435 g/mol. The highest BCUT2D eigenvalue weighted by atomic mass is 35.5. The van der Waals surface area contributed by atoms with E-state index in [4.69, 9.17) is 17.4 Å². The molecule has 28 heavy (non-hydrogen) atoms. The highest BCUT2D eigenvalue weighted by Crippen LogP contribution is 2.41. The third kappa shape index (κ3) is 5.12. The van der Waals surface area contributed by atoms with Gasteiger partial charge in [-0.05, 0) is 25.1 Å². The van der Waals surface area contributed by atoms with Gasteiger partial charge in [0.25, 0.3) is 0 Å². The largest absolute Gasteiger partial charge is 0.433 e. The van der Waals surface area contributed by atoms with Crippen LogP contribution in [0.4, 0.5) is 23.2 Å². The summed E-state index contributed by atoms with van der Waals surface area (Å²) in [6.45, 7) is 16.7. The Morgan fingerprint density at radius 2 is 1.82 bits per heavy atom. The molecular formula is C19H22ClF4N3S. The predicted molar refractivity (Wildman–Crippen MR) is 109 cm³/mol. The second-order valence-corrected chi connectivity index (χ2v) is 7.26. The maximum atomic E-state index is 14.5. The van der Waals surface area contributed by atoms with Crippen LogP contribution in [0, 0.1) is 5.82 Å². The number of allylic oxidation sites excluding steroid dienone is 2. The molecular weight excluding hydrogens is 414 g/mol. The number of hydrogen-bond acceptors (Lipinski definition) is 4. The van der Waals surface area contributed by atoms with Crippen molar-refractivity contribution in [3.63, 3.8) is 0 Å². The van der Waals surface area contributed by atoms with E-state index < -0.39 is 17.7 Å². The van der Waals surface area contributed by atoms with Crippen LogP contribution < -0.4 is 10.7 Å². The highest BCUT2D eigenvalue weighted by molar-refractivity contribution is 8.00. The van der Waals surface area contributed by atoms with E-state index in [9.17, 15) is 17.6 Å². The van der Waals surface area contributed by atoms with E-state index in [2.05, 4.69) is 19.7 Å². The van der Waals surface area contributed by atoms with Gasteiger partial charge < -0.3 is 0 Å². The van der Waals surface area contributed by atoms with Gasteiger partial charge in [0.2, 0.25) is 0 Å². The highest BCUT2D eigenvalue weighted by Gasteiger charge is 2.42. The lowest BCUT2D eigenvalue weighted by atomic mass is 10.2. The van der Waals surface area contributed by atoms with Gasteiger partial charge >= 0.3 is 6.18 Å². The first kappa shape index (κ1) is 24.1. The fraction of sp³-hybridized carbons (Fsp3) is 0.263. The summed E-state index contributed by atoms with van der Waals surface area (Å²) in [5, 5.41) is 0.512. The average molecular weight is 436 g/mol. The number of halogens is 5. The lowest BCUT2D eigenvalue weighted by Crippen LogP contribution is -2.45. The van der Waals surface area contributed by atoms with Crippen molar-refractivity contribution in [1.29, 1.82) is 0 Å². The quantitative estimate of drug-likeness (QED) is 0.250. The molecule has 3 nitrogen and oxygen atoms in total. The number of anilines is 1. The van der Waals surface area contributed by atoms with Crippen LogP contribution in [0.3, 0.4) is 0 Å². The first-order valence-corrected chi connectivity index (χ1v) is 9.53. The molecule has 0 saturated carbocycles. The summed E-state index contributed by atoms with van der Waals surface area (Å²) < 4.78 is 53.7. The normalized spacial score (nSPS) is 15.7. The zero-order valence-corrected chi connectivity index (χ0v) is 17.4. The second-order valence-electron chi connectivity index (χ2n) is 5.43. The van der Waals surface area contributed by atoms with Crippen LogP contribution in [0.15, 0.2) is 66.1 Å². The number of hydrazine groups is 1. The summed E-state index contributed by atoms with van der Waals surface area (Å²) in [5.74, 6) is 4.48. The van der Waals surface area contributed by atoms with Crippen LogP contribution in [-0.2, 0) is 0 Å². The van der Waals surface area contributed by atoms with Crippen molar-refractivity contribution in [2.24, 2.45) is 5.84 Å². The smallest absolute Gasteiger partial charge is 0.293 e. The minimum absolute atomic E-state index is 0.0127. The molecule has 1 aliphatic rings. The van der Waals surface area contributed by atoms with Gasteiger partial charge in [0, 0.05) is 15.8 Å². The van der Waals surface area contributed by atoms with E-state index in [0.29, 0.717) is 9.90 Å². The molecule has 9 heteroatoms. The van der Waals surface area contributed by atoms with Crippen molar-refractivity contribution in [2.75, 3.05) is 4.90 Å². The Labute approximate surface area is 171 Å². The molecule has 154 valence electrons. The first-order chi connectivity index (χ1) is 13.0. The lowest BCUT2D eigenvalue weighted by Gasteiger charge is -2.38. The van der Waals surface area contributed by atoms with Gasteiger partial charge in [0.15, 0.2) is 0 Å². The number of nitrogens with two attached hydrogens (primary N) is 1. The van der Waals surface area contributed by atoms with Gasteiger partial charge in [-0.15, -0.1) is 18.3 Å². The number of rotatable bonds is 4. The molecule has 0 aromatic heterocycles. The van der Waals surface area contributed by atoms with Crippen LogP contribution in [-0.4, -0.2) is 16.4 Å². The van der Waals surface area contributed by atoms with Crippen molar-refractivity contribution >= 4 is 29.1 Å². The zero-order chi connectivity index (χ0) is 21.8. The molecule has 2 rings (SSSR count). The minimum Gasteiger partial charge on any atom is -0.293 e. The number of hydrogen-bond donors (Lipinski definition) is 1. The van der Waals surface area contributed by atoms with Crippen LogP contribution >= 0.6 is 23.4 Å². The maximum absolute atomic E-state index is 14.5. The van der Waals surface area contributed by atoms with Crippen LogP contribution in [0.2, 0.25) is 5.02 Å². The van der Waals surface area contributed by atoms with E-state index in [1.807, 2.05) is 20.8 Å². The Morgan fingerprint density at radius 1 is 1.25 bits per heavy atom. The van der Waals surface area contributed by atoms with Crippen molar-refractivity contribution in [2.45, 2.75) is 37.1 Å². The Balaban J connectivity index is 0.00000190. The van der Waals surface area contributed by atoms with Gasteiger partial charge in [-0.3, -0.25) is 9.91 Å². The predicted octanol–water partition coefficient (Wildman–Crippen LogP) is 6.60. The van der Waals surface area contributed by atoms with Crippen molar-refractivity contribution in [3.05, 3.63) is 72.1 Å². The number of nitrogens with zero attached hydrogens (tertiary/aromatic N) is 2. The number of alkyl halides is 3. The first-order valence-electron chi connectivity index (χ1n) is 8.27. The van der Waals surface area contributed by atoms with Crippen molar-refractivity contribution in [3.8, 4) is 0 Å². The maximum Gasteiger partial charge on any atom is 0.433 e. The van der Waals surface area contributed by atoms with E-state index in [0.717, 1.165) is 17.0 Å². The standard InChI is InChI=1S/C17H16ClF4N3S.C2H6/c1-5-10(3)26-15-8-14(13(19)7-12(15)18)24-9(2)6-16(17(20,21)22)25(23)11(24)4;1-2/h5-8,10H,1-2,4,23H2,3H3;1-2H3. The summed E-state index contributed by atoms with van der Waals surface area (Å²) in [5.41, 5.74) is -1.33. The molecule has 1 aromatic carbocycles. The fourth-order valence-electron chi connectivity index (χ4n) is 2.25. The Kier molecular flexibility index (Phi) is 8.22. The molecule has 1 unspecified atom stereocenters. The van der Waals surface area contributed by atoms with Gasteiger partial charge in [-0.1, -0.05) is 44.7 Å². The molecule has 0 amide bonds. The molecule has 1 aromatic rings. The fourth-order valence-corrected chi connectivity index (χ4v) is 3.38. The molecule has 2 N–H and O–H groups in total. The van der Waals surface area contributed by atoms with Gasteiger partial charge in [0.05, 0.1) is 10.7 Å². The summed E-state index contributed by atoms with van der Waals surface area (Å²) in [7, 11) is 0. The Bertz CT molecular complexity index is 805. The molecule has 0 bridgehead atoms. The zero-order valence-electron chi connectivity index (χ0n) is 15.8. The molecule has 0 aliphatic carbocycles. The minimum atomic E-state index is -4.70. The van der Waals surface area contributed by atoms with Crippen LogP contribution in [0.25, 0.3) is 0 Å². The molecule has 0 fully saturated rings. The lowest BCUT2D eigenvalue weighted by molar-refractivity contribution is -0.109. The van der Waals surface area contributed by atoms with Gasteiger partial charge in [0.1, 0.15) is 17.3 Å². The Morgan fingerprint density at radius 3 is 2.32 bits per heavy atom. The number of benzene rings is 1. The second kappa shape index (κ2) is 9.54. The van der Waals surface area contributed by atoms with Crippen molar-refractivity contribution in [1.82, 2.24) is 5.01 Å². The van der Waals surface area contributed by atoms with Crippen molar-refractivity contribution < 1.29 is 17.6 Å². The third-order valence-electron chi connectivity index (χ3n) is 3.56. The summed E-state index contributed by atoms with van der Waals surface area (Å²) >= 11 is 7.39. The molecule has 1 aliphatic heterocycles. The third-order valence-corrected chi connectivity index (χ3v) is 5.14. The Hall–Kier alpha value is -1.90. The van der Waals surface area contributed by atoms with E-state index >= 15 is 0 Å². The molecule has 1 atom stereocenters. The molecule has 1 heterocycles. The average Bonchev–Trinajstić information content (AvgIpc) is 2.62. The molecule has 0 radical (unpaired) electrons. The van der Waals surface area contributed by atoms with Crippen LogP contribution in [0.5, 0.6) is 0 Å². The van der Waals surface area contributed by atoms with Gasteiger partial charge in [-0.25, -0.2) is 10.2 Å². The summed E-state index contributed by atoms with van der Waals surface area (Å²) in [6.07, 6.45) is -2.30.